The van der Waals surface area contributed by atoms with Gasteiger partial charge in [0.15, 0.2) is 0 Å². The monoisotopic (exact) mass is 425 g/mol. The van der Waals surface area contributed by atoms with Crippen molar-refractivity contribution in [2.45, 2.75) is 5.22 Å². The van der Waals surface area contributed by atoms with Crippen LogP contribution in [0.2, 0.25) is 0 Å². The number of halogens is 1. The van der Waals surface area contributed by atoms with Crippen LogP contribution in [0.15, 0.2) is 64.4 Å². The Kier molecular flexibility index (Phi) is 5.75. The number of aromatic amines is 1. The summed E-state index contributed by atoms with van der Waals surface area (Å²) in [5.74, 6) is -0.805. The predicted octanol–water partition coefficient (Wildman–Crippen LogP) is 3.20. The molecule has 2 aromatic carbocycles. The Hall–Kier alpha value is -3.66. The average molecular weight is 425 g/mol. The highest BCUT2D eigenvalue weighted by Gasteiger charge is 2.15. The van der Waals surface area contributed by atoms with Crippen LogP contribution in [0.1, 0.15) is 0 Å². The lowest BCUT2D eigenvalue weighted by molar-refractivity contribution is -0.122. The van der Waals surface area contributed by atoms with Gasteiger partial charge in [-0.05, 0) is 30.3 Å². The zero-order valence-corrected chi connectivity index (χ0v) is 16.3. The lowest BCUT2D eigenvalue weighted by Gasteiger charge is -2.06. The molecule has 10 heteroatoms. The lowest BCUT2D eigenvalue weighted by Crippen LogP contribution is -2.33. The number of nitrogens with one attached hydrogen (secondary N) is 3. The summed E-state index contributed by atoms with van der Waals surface area (Å²) in [6.45, 7) is -0.207. The van der Waals surface area contributed by atoms with Gasteiger partial charge >= 0.3 is 0 Å². The number of H-pyrrole nitrogens is 1. The highest BCUT2D eigenvalue weighted by molar-refractivity contribution is 7.99. The van der Waals surface area contributed by atoms with Crippen LogP contribution in [0.3, 0.4) is 0 Å². The molecule has 0 bridgehead atoms. The molecule has 152 valence electrons. The van der Waals surface area contributed by atoms with Crippen LogP contribution in [0.5, 0.6) is 0 Å². The molecule has 4 rings (SSSR count). The third-order valence-corrected chi connectivity index (χ3v) is 4.95. The summed E-state index contributed by atoms with van der Waals surface area (Å²) in [4.78, 5) is 27.0. The van der Waals surface area contributed by atoms with Crippen molar-refractivity contribution in [2.75, 3.05) is 17.6 Å². The van der Waals surface area contributed by atoms with Crippen molar-refractivity contribution in [1.29, 1.82) is 0 Å². The Morgan fingerprint density at radius 2 is 1.87 bits per heavy atom. The molecule has 2 aromatic heterocycles. The van der Waals surface area contributed by atoms with E-state index in [-0.39, 0.29) is 23.4 Å². The third kappa shape index (κ3) is 4.66. The number of carbonyl (C=O) groups excluding carboxylic acids is 2. The number of benzene rings is 2. The molecule has 0 radical (unpaired) electrons. The quantitative estimate of drug-likeness (QED) is 0.392. The first-order valence-electron chi connectivity index (χ1n) is 8.93. The molecule has 0 unspecified atom stereocenters. The van der Waals surface area contributed by atoms with Gasteiger partial charge < -0.3 is 20.0 Å². The number of thioether (sulfide) groups is 1. The van der Waals surface area contributed by atoms with E-state index in [9.17, 15) is 14.0 Å². The molecule has 8 nitrogen and oxygen atoms in total. The molecule has 0 atom stereocenters. The maximum atomic E-state index is 12.9. The molecule has 0 saturated heterocycles. The zero-order chi connectivity index (χ0) is 20.9. The smallest absolute Gasteiger partial charge is 0.277 e. The molecule has 4 aromatic rings. The van der Waals surface area contributed by atoms with Gasteiger partial charge in [0.25, 0.3) is 11.1 Å². The van der Waals surface area contributed by atoms with Gasteiger partial charge in [-0.2, -0.15) is 0 Å². The maximum Gasteiger partial charge on any atom is 0.277 e. The Morgan fingerprint density at radius 3 is 2.70 bits per heavy atom. The van der Waals surface area contributed by atoms with Crippen LogP contribution in [0, 0.1) is 5.82 Å². The van der Waals surface area contributed by atoms with Crippen LogP contribution < -0.4 is 10.6 Å². The first kappa shape index (κ1) is 19.6. The molecule has 0 aliphatic rings. The van der Waals surface area contributed by atoms with E-state index in [1.807, 2.05) is 24.3 Å². The number of fused-ring (bicyclic) bond motifs is 1. The Balaban J connectivity index is 1.26. The minimum atomic E-state index is -0.417. The van der Waals surface area contributed by atoms with E-state index in [0.29, 0.717) is 11.6 Å². The van der Waals surface area contributed by atoms with Crippen LogP contribution in [0.4, 0.5) is 10.1 Å². The van der Waals surface area contributed by atoms with Crippen LogP contribution in [0.25, 0.3) is 22.4 Å². The average Bonchev–Trinajstić information content (AvgIpc) is 3.39. The highest BCUT2D eigenvalue weighted by atomic mass is 32.2. The van der Waals surface area contributed by atoms with Gasteiger partial charge in [-0.3, -0.25) is 9.59 Å². The number of anilines is 1. The number of para-hydroxylation sites is 1. The van der Waals surface area contributed by atoms with E-state index in [0.717, 1.165) is 28.2 Å². The van der Waals surface area contributed by atoms with Gasteiger partial charge in [-0.1, -0.05) is 30.0 Å². The van der Waals surface area contributed by atoms with Crippen LogP contribution in [-0.2, 0) is 9.59 Å². The van der Waals surface area contributed by atoms with Crippen molar-refractivity contribution in [3.05, 3.63) is 60.5 Å². The van der Waals surface area contributed by atoms with E-state index in [4.69, 9.17) is 4.42 Å². The topological polar surface area (TPSA) is 113 Å². The van der Waals surface area contributed by atoms with Gasteiger partial charge in [-0.25, -0.2) is 4.39 Å². The molecular formula is C20H16FN5O3S. The molecule has 3 N–H and O–H groups in total. The fourth-order valence-corrected chi connectivity index (χ4v) is 3.31. The number of nitrogens with zero attached hydrogens (tertiary/aromatic N) is 2. The summed E-state index contributed by atoms with van der Waals surface area (Å²) in [6, 6.07) is 13.1. The summed E-state index contributed by atoms with van der Waals surface area (Å²) < 4.78 is 18.5. The molecule has 2 amide bonds. The van der Waals surface area contributed by atoms with Gasteiger partial charge in [0.2, 0.25) is 11.8 Å². The minimum absolute atomic E-state index is 0.0132. The fourth-order valence-electron chi connectivity index (χ4n) is 2.72. The normalized spacial score (nSPS) is 10.8. The molecule has 30 heavy (non-hydrogen) atoms. The van der Waals surface area contributed by atoms with Gasteiger partial charge in [0.05, 0.1) is 17.9 Å². The van der Waals surface area contributed by atoms with Crippen molar-refractivity contribution < 1.29 is 18.4 Å². The van der Waals surface area contributed by atoms with E-state index in [1.165, 1.54) is 24.3 Å². The fraction of sp³-hybridized carbons (Fsp3) is 0.100. The van der Waals surface area contributed by atoms with Gasteiger partial charge in [0, 0.05) is 22.8 Å². The summed E-state index contributed by atoms with van der Waals surface area (Å²) >= 11 is 1.07. The summed E-state index contributed by atoms with van der Waals surface area (Å²) in [7, 11) is 0. The second-order valence-corrected chi connectivity index (χ2v) is 7.17. The standard InChI is InChI=1S/C20H16FN5O3S/c21-12-5-7-13(8-6-12)24-17(27)10-23-18(28)11-30-20-26-25-19(29-20)15-9-22-16-4-2-1-3-14(15)16/h1-9,22H,10-11H2,(H,23,28)(H,24,27). The highest BCUT2D eigenvalue weighted by Crippen LogP contribution is 2.29. The Labute approximate surface area is 174 Å². The number of hydrogen-bond donors (Lipinski definition) is 3. The van der Waals surface area contributed by atoms with Crippen molar-refractivity contribution in [1.82, 2.24) is 20.5 Å². The molecular weight excluding hydrogens is 409 g/mol. The second kappa shape index (κ2) is 8.78. The largest absolute Gasteiger partial charge is 0.411 e. The van der Waals surface area contributed by atoms with Gasteiger partial charge in [0.1, 0.15) is 5.82 Å². The second-order valence-electron chi connectivity index (χ2n) is 6.24. The number of amides is 2. The molecule has 0 fully saturated rings. The SMILES string of the molecule is O=C(CSc1nnc(-c2c[nH]c3ccccc23)o1)NCC(=O)Nc1ccc(F)cc1. The van der Waals surface area contributed by atoms with Crippen molar-refractivity contribution in [2.24, 2.45) is 0 Å². The lowest BCUT2D eigenvalue weighted by atomic mass is 10.2. The molecule has 0 spiro atoms. The van der Waals surface area contributed by atoms with Gasteiger partial charge in [-0.15, -0.1) is 10.2 Å². The first-order valence-corrected chi connectivity index (χ1v) is 9.92. The maximum absolute atomic E-state index is 12.9. The Bertz CT molecular complexity index is 1190. The summed E-state index contributed by atoms with van der Waals surface area (Å²) in [5.41, 5.74) is 2.19. The first-order chi connectivity index (χ1) is 14.6. The molecule has 0 aliphatic carbocycles. The van der Waals surface area contributed by atoms with Crippen LogP contribution in [-0.4, -0.2) is 39.3 Å². The van der Waals surface area contributed by atoms with Crippen molar-refractivity contribution >= 4 is 40.2 Å². The molecule has 2 heterocycles. The molecule has 0 saturated carbocycles. The van der Waals surface area contributed by atoms with Crippen molar-refractivity contribution in [3.63, 3.8) is 0 Å². The third-order valence-electron chi connectivity index (χ3n) is 4.13. The summed E-state index contributed by atoms with van der Waals surface area (Å²) in [6.07, 6.45) is 1.79. The van der Waals surface area contributed by atoms with E-state index < -0.39 is 11.7 Å². The molecule has 0 aliphatic heterocycles. The van der Waals surface area contributed by atoms with E-state index >= 15 is 0 Å². The number of rotatable bonds is 7. The number of carbonyl (C=O) groups is 2. The summed E-state index contributed by atoms with van der Waals surface area (Å²) in [5, 5.41) is 14.3. The van der Waals surface area contributed by atoms with Crippen molar-refractivity contribution in [3.8, 4) is 11.5 Å². The van der Waals surface area contributed by atoms with E-state index in [1.54, 1.807) is 6.20 Å². The minimum Gasteiger partial charge on any atom is -0.411 e. The van der Waals surface area contributed by atoms with Crippen LogP contribution >= 0.6 is 11.8 Å². The Morgan fingerprint density at radius 1 is 1.07 bits per heavy atom. The van der Waals surface area contributed by atoms with E-state index in [2.05, 4.69) is 25.8 Å². The number of aromatic nitrogens is 3. The predicted molar refractivity (Wildman–Crippen MR) is 110 cm³/mol. The zero-order valence-electron chi connectivity index (χ0n) is 15.5. The number of hydrogen-bond acceptors (Lipinski definition) is 6.